The van der Waals surface area contributed by atoms with Gasteiger partial charge in [0.1, 0.15) is 12.0 Å². The summed E-state index contributed by atoms with van der Waals surface area (Å²) >= 11 is 3.48. The van der Waals surface area contributed by atoms with Crippen LogP contribution in [0.1, 0.15) is 10.4 Å². The highest BCUT2D eigenvalue weighted by Crippen LogP contribution is 2.30. The number of aldehydes is 1. The zero-order valence-electron chi connectivity index (χ0n) is 9.31. The normalized spacial score (nSPS) is 10.0. The average Bonchev–Trinajstić information content (AvgIpc) is 2.39. The lowest BCUT2D eigenvalue weighted by Gasteiger charge is -2.06. The van der Waals surface area contributed by atoms with Crippen LogP contribution in [-0.4, -0.2) is 13.4 Å². The molecule has 17 heavy (non-hydrogen) atoms. The van der Waals surface area contributed by atoms with Gasteiger partial charge in [0.2, 0.25) is 0 Å². The molecule has 3 heteroatoms. The van der Waals surface area contributed by atoms with Crippen LogP contribution in [-0.2, 0) is 0 Å². The van der Waals surface area contributed by atoms with Gasteiger partial charge in [0, 0.05) is 10.0 Å². The molecule has 2 rings (SSSR count). The van der Waals surface area contributed by atoms with Crippen molar-refractivity contribution in [1.82, 2.24) is 0 Å². The van der Waals surface area contributed by atoms with E-state index in [-0.39, 0.29) is 0 Å². The van der Waals surface area contributed by atoms with Crippen LogP contribution in [0.25, 0.3) is 11.1 Å². The number of benzene rings is 2. The van der Waals surface area contributed by atoms with Crippen molar-refractivity contribution in [2.75, 3.05) is 7.11 Å². The third kappa shape index (κ3) is 2.56. The molecule has 0 spiro atoms. The lowest BCUT2D eigenvalue weighted by molar-refractivity contribution is 0.112. The molecule has 0 amide bonds. The van der Waals surface area contributed by atoms with Crippen LogP contribution in [0.5, 0.6) is 5.75 Å². The third-order valence-electron chi connectivity index (χ3n) is 2.53. The molecular weight excluding hydrogens is 280 g/mol. The van der Waals surface area contributed by atoms with Crippen LogP contribution in [0.2, 0.25) is 0 Å². The van der Waals surface area contributed by atoms with Crippen molar-refractivity contribution in [1.29, 1.82) is 0 Å². The Morgan fingerprint density at radius 3 is 2.41 bits per heavy atom. The van der Waals surface area contributed by atoms with Crippen LogP contribution < -0.4 is 4.74 Å². The molecule has 0 aliphatic rings. The van der Waals surface area contributed by atoms with E-state index in [9.17, 15) is 4.79 Å². The van der Waals surface area contributed by atoms with Gasteiger partial charge < -0.3 is 4.74 Å². The van der Waals surface area contributed by atoms with E-state index >= 15 is 0 Å². The van der Waals surface area contributed by atoms with Crippen molar-refractivity contribution in [2.24, 2.45) is 0 Å². The van der Waals surface area contributed by atoms with Crippen molar-refractivity contribution in [3.63, 3.8) is 0 Å². The second-order valence-corrected chi connectivity index (χ2v) is 4.44. The first-order valence-electron chi connectivity index (χ1n) is 5.14. The van der Waals surface area contributed by atoms with Gasteiger partial charge in [-0.2, -0.15) is 0 Å². The lowest BCUT2D eigenvalue weighted by atomic mass is 10.0. The van der Waals surface area contributed by atoms with Gasteiger partial charge in [0.15, 0.2) is 0 Å². The largest absolute Gasteiger partial charge is 0.497 e. The maximum absolute atomic E-state index is 10.8. The molecule has 0 aliphatic carbocycles. The fourth-order valence-corrected chi connectivity index (χ4v) is 2.08. The first kappa shape index (κ1) is 11.9. The van der Waals surface area contributed by atoms with E-state index in [1.165, 1.54) is 0 Å². The van der Waals surface area contributed by atoms with Crippen LogP contribution in [0.4, 0.5) is 0 Å². The smallest absolute Gasteiger partial charge is 0.150 e. The monoisotopic (exact) mass is 290 g/mol. The molecule has 0 heterocycles. The number of ether oxygens (including phenoxy) is 1. The van der Waals surface area contributed by atoms with E-state index in [0.717, 1.165) is 27.6 Å². The van der Waals surface area contributed by atoms with Gasteiger partial charge in [0.25, 0.3) is 0 Å². The summed E-state index contributed by atoms with van der Waals surface area (Å²) in [5.74, 6) is 0.816. The Kier molecular flexibility index (Phi) is 3.59. The summed E-state index contributed by atoms with van der Waals surface area (Å²) in [5.41, 5.74) is 2.71. The number of hydrogen-bond acceptors (Lipinski definition) is 2. The second-order valence-electron chi connectivity index (χ2n) is 3.59. The summed E-state index contributed by atoms with van der Waals surface area (Å²) in [4.78, 5) is 10.8. The molecule has 0 fully saturated rings. The Morgan fingerprint density at radius 1 is 1.12 bits per heavy atom. The predicted octanol–water partition coefficient (Wildman–Crippen LogP) is 3.94. The van der Waals surface area contributed by atoms with E-state index in [4.69, 9.17) is 4.74 Å². The van der Waals surface area contributed by atoms with Crippen LogP contribution in [0, 0.1) is 0 Å². The third-order valence-corrected chi connectivity index (χ3v) is 3.22. The fraction of sp³-hybridized carbons (Fsp3) is 0.0714. The number of methoxy groups -OCH3 is 1. The molecule has 0 saturated heterocycles. The highest BCUT2D eigenvalue weighted by molar-refractivity contribution is 9.10. The van der Waals surface area contributed by atoms with Gasteiger partial charge >= 0.3 is 0 Å². The molecule has 0 bridgehead atoms. The van der Waals surface area contributed by atoms with Gasteiger partial charge in [0.05, 0.1) is 7.11 Å². The maximum Gasteiger partial charge on any atom is 0.150 e. The van der Waals surface area contributed by atoms with E-state index in [2.05, 4.69) is 15.9 Å². The van der Waals surface area contributed by atoms with E-state index < -0.39 is 0 Å². The number of rotatable bonds is 3. The van der Waals surface area contributed by atoms with Crippen molar-refractivity contribution in [3.8, 4) is 16.9 Å². The van der Waals surface area contributed by atoms with Crippen LogP contribution in [0.3, 0.4) is 0 Å². The first-order chi connectivity index (χ1) is 8.24. The van der Waals surface area contributed by atoms with E-state index in [0.29, 0.717) is 5.56 Å². The molecule has 0 radical (unpaired) electrons. The molecule has 0 N–H and O–H groups in total. The molecule has 0 atom stereocenters. The zero-order valence-corrected chi connectivity index (χ0v) is 10.9. The summed E-state index contributed by atoms with van der Waals surface area (Å²) in [7, 11) is 1.64. The minimum atomic E-state index is 0.666. The van der Waals surface area contributed by atoms with Gasteiger partial charge in [-0.05, 0) is 35.4 Å². The Balaban J connectivity index is 2.47. The topological polar surface area (TPSA) is 26.3 Å². The van der Waals surface area contributed by atoms with Gasteiger partial charge in [-0.15, -0.1) is 0 Å². The summed E-state index contributed by atoms with van der Waals surface area (Å²) in [6.07, 6.45) is 0.847. The molecule has 0 saturated carbocycles. The minimum absolute atomic E-state index is 0.666. The van der Waals surface area contributed by atoms with E-state index in [1.807, 2.05) is 36.4 Å². The molecule has 86 valence electrons. The number of carbonyl (C=O) groups excluding carboxylic acids is 1. The molecule has 2 aromatic carbocycles. The lowest BCUT2D eigenvalue weighted by Crippen LogP contribution is -1.86. The maximum atomic E-state index is 10.8. The molecule has 2 nitrogen and oxygen atoms in total. The molecule has 0 aliphatic heterocycles. The van der Waals surface area contributed by atoms with Crippen molar-refractivity contribution in [2.45, 2.75) is 0 Å². The SMILES string of the molecule is COc1ccc(-c2cc(C=O)ccc2Br)cc1. The fourth-order valence-electron chi connectivity index (χ4n) is 1.61. The highest BCUT2D eigenvalue weighted by atomic mass is 79.9. The van der Waals surface area contributed by atoms with Gasteiger partial charge in [-0.1, -0.05) is 34.1 Å². The van der Waals surface area contributed by atoms with Gasteiger partial charge in [-0.3, -0.25) is 4.79 Å². The Morgan fingerprint density at radius 2 is 1.82 bits per heavy atom. The second kappa shape index (κ2) is 5.15. The summed E-state index contributed by atoms with van der Waals surface area (Å²) in [5, 5.41) is 0. The summed E-state index contributed by atoms with van der Waals surface area (Å²) in [6, 6.07) is 13.2. The Bertz CT molecular complexity index is 532. The van der Waals surface area contributed by atoms with Crippen LogP contribution >= 0.6 is 15.9 Å². The van der Waals surface area contributed by atoms with E-state index in [1.54, 1.807) is 13.2 Å². The molecule has 0 aromatic heterocycles. The van der Waals surface area contributed by atoms with Gasteiger partial charge in [-0.25, -0.2) is 0 Å². The summed E-state index contributed by atoms with van der Waals surface area (Å²) < 4.78 is 6.08. The van der Waals surface area contributed by atoms with Crippen molar-refractivity contribution in [3.05, 3.63) is 52.5 Å². The quantitative estimate of drug-likeness (QED) is 0.801. The number of carbonyl (C=O) groups is 1. The molecule has 0 unspecified atom stereocenters. The zero-order chi connectivity index (χ0) is 12.3. The summed E-state index contributed by atoms with van der Waals surface area (Å²) in [6.45, 7) is 0. The molecule has 2 aromatic rings. The predicted molar refractivity (Wildman–Crippen MR) is 71.5 cm³/mol. The Labute approximate surface area is 108 Å². The standard InChI is InChI=1S/C14H11BrO2/c1-17-12-5-3-11(4-6-12)13-8-10(9-16)2-7-14(13)15/h2-9H,1H3. The minimum Gasteiger partial charge on any atom is -0.497 e. The molecular formula is C14H11BrO2. The van der Waals surface area contributed by atoms with Crippen molar-refractivity contribution < 1.29 is 9.53 Å². The Hall–Kier alpha value is -1.61. The number of halogens is 1. The van der Waals surface area contributed by atoms with Crippen LogP contribution in [0.15, 0.2) is 46.9 Å². The van der Waals surface area contributed by atoms with Crippen molar-refractivity contribution >= 4 is 22.2 Å². The first-order valence-corrected chi connectivity index (χ1v) is 5.93. The number of hydrogen-bond donors (Lipinski definition) is 0. The average molecular weight is 291 g/mol. The highest BCUT2D eigenvalue weighted by Gasteiger charge is 2.04.